The van der Waals surface area contributed by atoms with Crippen LogP contribution < -0.4 is 24.8 Å². The average molecular weight is 356 g/mol. The summed E-state index contributed by atoms with van der Waals surface area (Å²) in [4.78, 5) is 24.1. The van der Waals surface area contributed by atoms with Crippen LogP contribution in [0.3, 0.4) is 0 Å². The van der Waals surface area contributed by atoms with E-state index < -0.39 is 0 Å². The molecule has 1 aliphatic heterocycles. The highest BCUT2D eigenvalue weighted by molar-refractivity contribution is 5.97. The number of carbonyl (C=O) groups is 2. The minimum absolute atomic E-state index is 0.113. The molecule has 0 aliphatic carbocycles. The van der Waals surface area contributed by atoms with Gasteiger partial charge in [0.25, 0.3) is 5.91 Å². The highest BCUT2D eigenvalue weighted by Crippen LogP contribution is 2.32. The van der Waals surface area contributed by atoms with Gasteiger partial charge < -0.3 is 24.8 Å². The number of ether oxygens (including phenoxy) is 3. The van der Waals surface area contributed by atoms with E-state index >= 15 is 0 Å². The van der Waals surface area contributed by atoms with Crippen molar-refractivity contribution < 1.29 is 23.8 Å². The maximum Gasteiger partial charge on any atom is 0.251 e. The van der Waals surface area contributed by atoms with Crippen LogP contribution in [0.2, 0.25) is 0 Å². The van der Waals surface area contributed by atoms with Crippen LogP contribution in [0, 0.1) is 0 Å². The third-order valence-electron chi connectivity index (χ3n) is 3.74. The molecule has 0 atom stereocenters. The lowest BCUT2D eigenvalue weighted by Gasteiger charge is -2.09. The average Bonchev–Trinajstić information content (AvgIpc) is 3.13. The summed E-state index contributed by atoms with van der Waals surface area (Å²) < 4.78 is 15.9. The first-order valence-electron chi connectivity index (χ1n) is 8.32. The Bertz CT molecular complexity index is 806. The Kier molecular flexibility index (Phi) is 5.58. The Hall–Kier alpha value is -3.22. The van der Waals surface area contributed by atoms with E-state index in [1.165, 1.54) is 0 Å². The maximum atomic E-state index is 12.1. The van der Waals surface area contributed by atoms with Gasteiger partial charge in [0.2, 0.25) is 12.7 Å². The smallest absolute Gasteiger partial charge is 0.251 e. The van der Waals surface area contributed by atoms with Crippen molar-refractivity contribution in [2.24, 2.45) is 0 Å². The molecule has 0 unspecified atom stereocenters. The number of hydrogen-bond acceptors (Lipinski definition) is 5. The summed E-state index contributed by atoms with van der Waals surface area (Å²) in [5, 5.41) is 5.35. The van der Waals surface area contributed by atoms with E-state index in [2.05, 4.69) is 10.6 Å². The Morgan fingerprint density at radius 2 is 1.92 bits per heavy atom. The number of nitrogens with one attached hydrogen (secondary N) is 2. The van der Waals surface area contributed by atoms with Crippen molar-refractivity contribution in [3.63, 3.8) is 0 Å². The van der Waals surface area contributed by atoms with Crippen molar-refractivity contribution in [2.75, 3.05) is 19.9 Å². The molecule has 2 aromatic carbocycles. The largest absolute Gasteiger partial charge is 0.494 e. The van der Waals surface area contributed by atoms with Gasteiger partial charge in [-0.05, 0) is 42.8 Å². The van der Waals surface area contributed by atoms with Crippen molar-refractivity contribution in [3.8, 4) is 17.2 Å². The van der Waals surface area contributed by atoms with Gasteiger partial charge in [-0.15, -0.1) is 0 Å². The van der Waals surface area contributed by atoms with Crippen LogP contribution in [-0.2, 0) is 11.3 Å². The van der Waals surface area contributed by atoms with Crippen molar-refractivity contribution in [1.29, 1.82) is 0 Å². The number of benzene rings is 2. The summed E-state index contributed by atoms with van der Waals surface area (Å²) in [6.07, 6.45) is 0. The first-order valence-corrected chi connectivity index (χ1v) is 8.32. The fourth-order valence-corrected chi connectivity index (χ4v) is 2.48. The maximum absolute atomic E-state index is 12.1. The summed E-state index contributed by atoms with van der Waals surface area (Å²) >= 11 is 0. The first-order chi connectivity index (χ1) is 12.7. The molecule has 7 nitrogen and oxygen atoms in total. The topological polar surface area (TPSA) is 85.9 Å². The summed E-state index contributed by atoms with van der Waals surface area (Å²) in [5.41, 5.74) is 1.33. The van der Waals surface area contributed by atoms with Gasteiger partial charge in [-0.3, -0.25) is 9.59 Å². The fourth-order valence-electron chi connectivity index (χ4n) is 2.48. The molecule has 2 aromatic rings. The second kappa shape index (κ2) is 8.24. The van der Waals surface area contributed by atoms with Gasteiger partial charge in [-0.2, -0.15) is 0 Å². The summed E-state index contributed by atoms with van der Waals surface area (Å²) in [5.74, 6) is 1.26. The van der Waals surface area contributed by atoms with Gasteiger partial charge in [0.15, 0.2) is 11.5 Å². The molecule has 2 N–H and O–H groups in total. The van der Waals surface area contributed by atoms with Gasteiger partial charge >= 0.3 is 0 Å². The molecule has 7 heteroatoms. The van der Waals surface area contributed by atoms with E-state index in [9.17, 15) is 9.59 Å². The standard InChI is InChI=1S/C19H20N2O5/c1-2-24-15-5-3-4-13(8-15)10-20-18(22)11-21-19(23)14-6-7-16-17(9-14)26-12-25-16/h3-9H,2,10-12H2,1H3,(H,20,22)(H,21,23). The van der Waals surface area contributed by atoms with E-state index in [1.54, 1.807) is 18.2 Å². The van der Waals surface area contributed by atoms with Crippen molar-refractivity contribution >= 4 is 11.8 Å². The van der Waals surface area contributed by atoms with Crippen molar-refractivity contribution in [3.05, 3.63) is 53.6 Å². The number of fused-ring (bicyclic) bond motifs is 1. The molecule has 0 spiro atoms. The van der Waals surface area contributed by atoms with Gasteiger partial charge in [-0.25, -0.2) is 0 Å². The molecule has 0 aromatic heterocycles. The molecule has 0 bridgehead atoms. The number of amides is 2. The highest BCUT2D eigenvalue weighted by atomic mass is 16.7. The predicted molar refractivity (Wildman–Crippen MR) is 94.4 cm³/mol. The molecule has 0 saturated heterocycles. The number of carbonyl (C=O) groups excluding carboxylic acids is 2. The first kappa shape index (κ1) is 17.6. The van der Waals surface area contributed by atoms with Crippen molar-refractivity contribution in [1.82, 2.24) is 10.6 Å². The fraction of sp³-hybridized carbons (Fsp3) is 0.263. The van der Waals surface area contributed by atoms with Crippen LogP contribution >= 0.6 is 0 Å². The molecular weight excluding hydrogens is 336 g/mol. The van der Waals surface area contributed by atoms with E-state index in [0.717, 1.165) is 11.3 Å². The predicted octanol–water partition coefficient (Wildman–Crippen LogP) is 1.86. The Morgan fingerprint density at radius 1 is 1.08 bits per heavy atom. The third kappa shape index (κ3) is 4.44. The lowest BCUT2D eigenvalue weighted by molar-refractivity contribution is -0.120. The summed E-state index contributed by atoms with van der Waals surface area (Å²) in [6, 6.07) is 12.4. The zero-order valence-electron chi connectivity index (χ0n) is 14.4. The van der Waals surface area contributed by atoms with Crippen LogP contribution in [0.4, 0.5) is 0 Å². The molecule has 1 heterocycles. The Labute approximate surface area is 151 Å². The van der Waals surface area contributed by atoms with Gasteiger partial charge in [0.05, 0.1) is 13.2 Å². The molecule has 26 heavy (non-hydrogen) atoms. The number of rotatable bonds is 7. The van der Waals surface area contributed by atoms with E-state index in [4.69, 9.17) is 14.2 Å². The minimum atomic E-state index is -0.350. The zero-order chi connectivity index (χ0) is 18.4. The highest BCUT2D eigenvalue weighted by Gasteiger charge is 2.16. The third-order valence-corrected chi connectivity index (χ3v) is 3.74. The normalized spacial score (nSPS) is 11.7. The van der Waals surface area contributed by atoms with Crippen LogP contribution in [0.5, 0.6) is 17.2 Å². The molecule has 136 valence electrons. The van der Waals surface area contributed by atoms with Gasteiger partial charge in [-0.1, -0.05) is 12.1 Å². The van der Waals surface area contributed by atoms with E-state index in [1.807, 2.05) is 31.2 Å². The molecule has 0 radical (unpaired) electrons. The lowest BCUT2D eigenvalue weighted by Crippen LogP contribution is -2.36. The molecule has 3 rings (SSSR count). The van der Waals surface area contributed by atoms with E-state index in [0.29, 0.717) is 30.2 Å². The monoisotopic (exact) mass is 356 g/mol. The Morgan fingerprint density at radius 3 is 2.77 bits per heavy atom. The van der Waals surface area contributed by atoms with E-state index in [-0.39, 0.29) is 25.2 Å². The van der Waals surface area contributed by atoms with Crippen LogP contribution in [-0.4, -0.2) is 31.8 Å². The molecule has 0 saturated carbocycles. The minimum Gasteiger partial charge on any atom is -0.494 e. The Balaban J connectivity index is 1.46. The summed E-state index contributed by atoms with van der Waals surface area (Å²) in [7, 11) is 0. The quantitative estimate of drug-likeness (QED) is 0.791. The molecule has 0 fully saturated rings. The van der Waals surface area contributed by atoms with Crippen LogP contribution in [0.25, 0.3) is 0 Å². The number of hydrogen-bond donors (Lipinski definition) is 2. The second-order valence-corrected chi connectivity index (χ2v) is 5.61. The molecule has 1 aliphatic rings. The molecular formula is C19H20N2O5. The lowest BCUT2D eigenvalue weighted by atomic mass is 10.2. The van der Waals surface area contributed by atoms with Gasteiger partial charge in [0, 0.05) is 12.1 Å². The second-order valence-electron chi connectivity index (χ2n) is 5.61. The SMILES string of the molecule is CCOc1cccc(CNC(=O)CNC(=O)c2ccc3c(c2)OCO3)c1. The van der Waals surface area contributed by atoms with Crippen molar-refractivity contribution in [2.45, 2.75) is 13.5 Å². The van der Waals surface area contributed by atoms with Gasteiger partial charge in [0.1, 0.15) is 5.75 Å². The van der Waals surface area contributed by atoms with Crippen LogP contribution in [0.15, 0.2) is 42.5 Å². The molecule has 2 amide bonds. The summed E-state index contributed by atoms with van der Waals surface area (Å²) in [6.45, 7) is 2.89. The van der Waals surface area contributed by atoms with Crippen LogP contribution in [0.1, 0.15) is 22.8 Å². The zero-order valence-corrected chi connectivity index (χ0v) is 14.4.